The summed E-state index contributed by atoms with van der Waals surface area (Å²) in [5.41, 5.74) is 8.26. The van der Waals surface area contributed by atoms with Crippen molar-refractivity contribution in [3.8, 4) is 0 Å². The van der Waals surface area contributed by atoms with Crippen molar-refractivity contribution in [2.75, 3.05) is 0 Å². The third-order valence-electron chi connectivity index (χ3n) is 5.89. The van der Waals surface area contributed by atoms with Gasteiger partial charge in [0.2, 0.25) is 0 Å². The lowest BCUT2D eigenvalue weighted by Crippen LogP contribution is -2.46. The summed E-state index contributed by atoms with van der Waals surface area (Å²) in [6, 6.07) is 2.91. The van der Waals surface area contributed by atoms with Crippen molar-refractivity contribution in [1.82, 2.24) is 9.78 Å². The van der Waals surface area contributed by atoms with Gasteiger partial charge in [0, 0.05) is 12.2 Å². The molecule has 0 aliphatic heterocycles. The largest absolute Gasteiger partial charge is 0.325 e. The maximum absolute atomic E-state index is 5.79. The van der Waals surface area contributed by atoms with E-state index in [2.05, 4.69) is 17.7 Å². The zero-order valence-corrected chi connectivity index (χ0v) is 11.9. The first-order valence-electron chi connectivity index (χ1n) is 8.05. The molecule has 5 rings (SSSR count). The lowest BCUT2D eigenvalue weighted by Gasteiger charge is -2.54. The molecular weight excluding hydrogens is 234 g/mol. The molecule has 0 saturated heterocycles. The van der Waals surface area contributed by atoms with Gasteiger partial charge in [-0.25, -0.2) is 0 Å². The highest BCUT2D eigenvalue weighted by Crippen LogP contribution is 2.58. The Kier molecular flexibility index (Phi) is 2.73. The van der Waals surface area contributed by atoms with E-state index in [0.29, 0.717) is 12.6 Å². The summed E-state index contributed by atoms with van der Waals surface area (Å²) in [5.74, 6) is 3.86. The van der Waals surface area contributed by atoms with Crippen molar-refractivity contribution < 1.29 is 0 Å². The van der Waals surface area contributed by atoms with E-state index in [1.807, 2.05) is 0 Å². The summed E-state index contributed by atoms with van der Waals surface area (Å²) in [6.07, 6.45) is 8.43. The summed E-state index contributed by atoms with van der Waals surface area (Å²) in [5, 5.41) is 4.84. The van der Waals surface area contributed by atoms with Crippen LogP contribution >= 0.6 is 0 Å². The fraction of sp³-hybridized carbons (Fsp3) is 0.812. The molecule has 0 spiro atoms. The topological polar surface area (TPSA) is 43.8 Å². The van der Waals surface area contributed by atoms with Gasteiger partial charge in [-0.05, 0) is 68.3 Å². The van der Waals surface area contributed by atoms with Gasteiger partial charge in [0.25, 0.3) is 0 Å². The van der Waals surface area contributed by atoms with E-state index >= 15 is 0 Å². The van der Waals surface area contributed by atoms with Crippen molar-refractivity contribution in [3.05, 3.63) is 17.5 Å². The fourth-order valence-corrected chi connectivity index (χ4v) is 5.41. The van der Waals surface area contributed by atoms with Crippen LogP contribution < -0.4 is 5.73 Å². The van der Waals surface area contributed by atoms with Gasteiger partial charge in [0.05, 0.1) is 11.7 Å². The molecule has 104 valence electrons. The minimum Gasteiger partial charge on any atom is -0.325 e. The third kappa shape index (κ3) is 1.78. The Hall–Kier alpha value is -0.830. The van der Waals surface area contributed by atoms with Crippen molar-refractivity contribution >= 4 is 0 Å². The molecular formula is C16H25N3. The molecule has 0 unspecified atom stereocenters. The van der Waals surface area contributed by atoms with Gasteiger partial charge < -0.3 is 5.73 Å². The summed E-state index contributed by atoms with van der Waals surface area (Å²) in [4.78, 5) is 0. The van der Waals surface area contributed by atoms with Crippen molar-refractivity contribution in [1.29, 1.82) is 0 Å². The van der Waals surface area contributed by atoms with Crippen LogP contribution in [0.5, 0.6) is 0 Å². The molecule has 0 atom stereocenters. The highest BCUT2D eigenvalue weighted by atomic mass is 15.3. The highest BCUT2D eigenvalue weighted by Gasteiger charge is 2.49. The van der Waals surface area contributed by atoms with E-state index in [1.165, 1.54) is 37.8 Å². The van der Waals surface area contributed by atoms with Crippen LogP contribution in [-0.2, 0) is 13.0 Å². The SMILES string of the molecule is CCc1cc(CN)nn1C1C2CC3CC(C2)CC1C3. The minimum atomic E-state index is 0.577. The Morgan fingerprint density at radius 2 is 1.79 bits per heavy atom. The number of aryl methyl sites for hydroxylation is 1. The third-order valence-corrected chi connectivity index (χ3v) is 5.89. The van der Waals surface area contributed by atoms with Gasteiger partial charge in [-0.2, -0.15) is 5.10 Å². The Morgan fingerprint density at radius 1 is 1.16 bits per heavy atom. The zero-order chi connectivity index (χ0) is 13.0. The van der Waals surface area contributed by atoms with Crippen LogP contribution in [0.4, 0.5) is 0 Å². The molecule has 3 nitrogen and oxygen atoms in total. The number of nitrogens with zero attached hydrogens (tertiary/aromatic N) is 2. The summed E-state index contributed by atoms with van der Waals surface area (Å²) in [7, 11) is 0. The van der Waals surface area contributed by atoms with Gasteiger partial charge in [-0.3, -0.25) is 4.68 Å². The number of hydrogen-bond donors (Lipinski definition) is 1. The maximum atomic E-state index is 5.79. The Labute approximate surface area is 115 Å². The maximum Gasteiger partial charge on any atom is 0.0763 e. The van der Waals surface area contributed by atoms with E-state index < -0.39 is 0 Å². The normalized spacial score (nSPS) is 40.0. The molecule has 3 heteroatoms. The average molecular weight is 259 g/mol. The first-order chi connectivity index (χ1) is 9.28. The Balaban J connectivity index is 1.70. The van der Waals surface area contributed by atoms with Crippen LogP contribution in [0.1, 0.15) is 56.5 Å². The average Bonchev–Trinajstić information content (AvgIpc) is 2.81. The van der Waals surface area contributed by atoms with Gasteiger partial charge in [0.15, 0.2) is 0 Å². The first-order valence-corrected chi connectivity index (χ1v) is 8.05. The van der Waals surface area contributed by atoms with Gasteiger partial charge >= 0.3 is 0 Å². The van der Waals surface area contributed by atoms with E-state index in [-0.39, 0.29) is 0 Å². The lowest BCUT2D eigenvalue weighted by molar-refractivity contribution is -0.0347. The van der Waals surface area contributed by atoms with Crippen LogP contribution in [-0.4, -0.2) is 9.78 Å². The molecule has 4 bridgehead atoms. The molecule has 0 radical (unpaired) electrons. The number of aromatic nitrogens is 2. The number of nitrogens with two attached hydrogens (primary N) is 1. The molecule has 4 aliphatic rings. The number of rotatable bonds is 3. The highest BCUT2D eigenvalue weighted by molar-refractivity contribution is 5.13. The van der Waals surface area contributed by atoms with Crippen molar-refractivity contribution in [2.45, 2.75) is 58.0 Å². The van der Waals surface area contributed by atoms with Gasteiger partial charge in [-0.1, -0.05) is 6.92 Å². The van der Waals surface area contributed by atoms with E-state index in [0.717, 1.165) is 35.8 Å². The van der Waals surface area contributed by atoms with Gasteiger partial charge in [-0.15, -0.1) is 0 Å². The van der Waals surface area contributed by atoms with Crippen LogP contribution in [0.25, 0.3) is 0 Å². The molecule has 0 aromatic carbocycles. The predicted molar refractivity (Wildman–Crippen MR) is 75.6 cm³/mol. The van der Waals surface area contributed by atoms with E-state index in [9.17, 15) is 0 Å². The second-order valence-electron chi connectivity index (χ2n) is 7.05. The Morgan fingerprint density at radius 3 is 2.32 bits per heavy atom. The van der Waals surface area contributed by atoms with Crippen LogP contribution in [0.3, 0.4) is 0 Å². The number of hydrogen-bond acceptors (Lipinski definition) is 2. The van der Waals surface area contributed by atoms with Crippen LogP contribution in [0.15, 0.2) is 6.07 Å². The van der Waals surface area contributed by atoms with Crippen LogP contribution in [0.2, 0.25) is 0 Å². The molecule has 19 heavy (non-hydrogen) atoms. The molecule has 4 saturated carbocycles. The quantitative estimate of drug-likeness (QED) is 0.907. The molecule has 1 heterocycles. The second kappa shape index (κ2) is 4.34. The first kappa shape index (κ1) is 12.0. The molecule has 1 aromatic rings. The molecule has 4 aliphatic carbocycles. The summed E-state index contributed by atoms with van der Waals surface area (Å²) in [6.45, 7) is 2.82. The van der Waals surface area contributed by atoms with E-state index in [1.54, 1.807) is 0 Å². The minimum absolute atomic E-state index is 0.577. The van der Waals surface area contributed by atoms with E-state index in [4.69, 9.17) is 10.8 Å². The lowest BCUT2D eigenvalue weighted by atomic mass is 9.54. The monoisotopic (exact) mass is 259 g/mol. The summed E-state index contributed by atoms with van der Waals surface area (Å²) >= 11 is 0. The van der Waals surface area contributed by atoms with Crippen molar-refractivity contribution in [2.24, 2.45) is 29.4 Å². The molecule has 4 fully saturated rings. The van der Waals surface area contributed by atoms with Gasteiger partial charge in [0.1, 0.15) is 0 Å². The smallest absolute Gasteiger partial charge is 0.0763 e. The fourth-order valence-electron chi connectivity index (χ4n) is 5.41. The molecule has 0 amide bonds. The van der Waals surface area contributed by atoms with Crippen LogP contribution in [0, 0.1) is 23.7 Å². The molecule has 2 N–H and O–H groups in total. The molecule has 1 aromatic heterocycles. The zero-order valence-electron chi connectivity index (χ0n) is 11.9. The standard InChI is InChI=1S/C16H25N3/c1-2-15-8-14(9-17)18-19(15)16-12-4-10-3-11(6-12)7-13(16)5-10/h8,10-13,16H,2-7,9,17H2,1H3. The Bertz CT molecular complexity index is 448. The second-order valence-corrected chi connectivity index (χ2v) is 7.05. The predicted octanol–water partition coefficient (Wildman–Crippen LogP) is 2.90. The van der Waals surface area contributed by atoms with Crippen molar-refractivity contribution in [3.63, 3.8) is 0 Å². The summed E-state index contributed by atoms with van der Waals surface area (Å²) < 4.78 is 2.38.